The van der Waals surface area contributed by atoms with E-state index < -0.39 is 18.6 Å². The van der Waals surface area contributed by atoms with Gasteiger partial charge in [0.2, 0.25) is 5.91 Å². The van der Waals surface area contributed by atoms with Crippen LogP contribution in [0.25, 0.3) is 0 Å². The maximum absolute atomic E-state index is 12.1. The van der Waals surface area contributed by atoms with Crippen molar-refractivity contribution in [3.8, 4) is 0 Å². The predicted molar refractivity (Wildman–Crippen MR) is 77.4 cm³/mol. The molecule has 2 N–H and O–H groups in total. The molecular formula is C14H19F3N4O3. The summed E-state index contributed by atoms with van der Waals surface area (Å²) in [5.74, 6) is -0.872. The van der Waals surface area contributed by atoms with Crippen LogP contribution in [0.4, 0.5) is 13.2 Å². The van der Waals surface area contributed by atoms with Gasteiger partial charge < -0.3 is 15.0 Å². The van der Waals surface area contributed by atoms with E-state index in [2.05, 4.69) is 10.2 Å². The summed E-state index contributed by atoms with van der Waals surface area (Å²) in [6.45, 7) is -0.241. The van der Waals surface area contributed by atoms with Crippen LogP contribution in [0.1, 0.15) is 34.9 Å². The molecule has 0 spiro atoms. The number of likely N-dealkylation sites (tertiary alicyclic amines) is 1. The minimum Gasteiger partial charge on any atom is -0.375 e. The molecule has 134 valence electrons. The van der Waals surface area contributed by atoms with Gasteiger partial charge in [0.1, 0.15) is 18.8 Å². The maximum atomic E-state index is 12.1. The third-order valence-corrected chi connectivity index (χ3v) is 3.84. The van der Waals surface area contributed by atoms with Gasteiger partial charge in [0, 0.05) is 31.8 Å². The fourth-order valence-corrected chi connectivity index (χ4v) is 2.59. The largest absolute Gasteiger partial charge is 0.405 e. The SMILES string of the molecule is COCC(=O)N1CCC(c2cc(C(=O)NCC(F)(F)F)n[nH]2)CC1. The highest BCUT2D eigenvalue weighted by Crippen LogP contribution is 2.27. The van der Waals surface area contributed by atoms with Crippen LogP contribution in [-0.4, -0.2) is 66.4 Å². The first-order chi connectivity index (χ1) is 11.3. The monoisotopic (exact) mass is 348 g/mol. The smallest absolute Gasteiger partial charge is 0.375 e. The van der Waals surface area contributed by atoms with Gasteiger partial charge in [0.05, 0.1) is 0 Å². The lowest BCUT2D eigenvalue weighted by molar-refractivity contribution is -0.136. The highest BCUT2D eigenvalue weighted by molar-refractivity contribution is 5.92. The molecule has 1 aliphatic heterocycles. The highest BCUT2D eigenvalue weighted by atomic mass is 19.4. The second-order valence-corrected chi connectivity index (χ2v) is 5.59. The molecule has 1 aliphatic rings. The molecule has 10 heteroatoms. The quantitative estimate of drug-likeness (QED) is 0.833. The van der Waals surface area contributed by atoms with E-state index in [0.717, 1.165) is 0 Å². The number of nitrogens with one attached hydrogen (secondary N) is 2. The Hall–Kier alpha value is -2.10. The zero-order chi connectivity index (χ0) is 17.7. The zero-order valence-corrected chi connectivity index (χ0v) is 13.2. The molecule has 0 saturated carbocycles. The van der Waals surface area contributed by atoms with Gasteiger partial charge in [-0.1, -0.05) is 0 Å². The molecule has 2 rings (SSSR count). The summed E-state index contributed by atoms with van der Waals surface area (Å²) in [7, 11) is 1.46. The van der Waals surface area contributed by atoms with Gasteiger partial charge in [-0.2, -0.15) is 18.3 Å². The van der Waals surface area contributed by atoms with Crippen LogP contribution < -0.4 is 5.32 Å². The predicted octanol–water partition coefficient (Wildman–Crippen LogP) is 1.05. The van der Waals surface area contributed by atoms with Crippen molar-refractivity contribution in [3.05, 3.63) is 17.5 Å². The molecular weight excluding hydrogens is 329 g/mol. The first kappa shape index (κ1) is 18.2. The molecule has 0 radical (unpaired) electrons. The van der Waals surface area contributed by atoms with E-state index in [0.29, 0.717) is 31.6 Å². The summed E-state index contributed by atoms with van der Waals surface area (Å²) in [5.41, 5.74) is 0.609. The van der Waals surface area contributed by atoms with E-state index in [4.69, 9.17) is 4.74 Å². The molecule has 0 aromatic carbocycles. The minimum absolute atomic E-state index is 0.0399. The molecule has 0 unspecified atom stereocenters. The first-order valence-electron chi connectivity index (χ1n) is 7.47. The number of ether oxygens (including phenoxy) is 1. The summed E-state index contributed by atoms with van der Waals surface area (Å²) in [4.78, 5) is 25.1. The molecule has 1 aromatic heterocycles. The van der Waals surface area contributed by atoms with Crippen LogP contribution in [0.15, 0.2) is 6.07 Å². The summed E-state index contributed by atoms with van der Waals surface area (Å²) < 4.78 is 41.1. The Bertz CT molecular complexity index is 580. The lowest BCUT2D eigenvalue weighted by Crippen LogP contribution is -2.39. The first-order valence-corrected chi connectivity index (χ1v) is 7.47. The number of carbonyl (C=O) groups excluding carboxylic acids is 2. The Labute approximate surface area is 136 Å². The Morgan fingerprint density at radius 1 is 1.42 bits per heavy atom. The number of alkyl halides is 3. The molecule has 1 saturated heterocycles. The van der Waals surface area contributed by atoms with Gasteiger partial charge in [0.15, 0.2) is 0 Å². The Balaban J connectivity index is 1.88. The van der Waals surface area contributed by atoms with Crippen LogP contribution in [-0.2, 0) is 9.53 Å². The number of rotatable bonds is 5. The fourth-order valence-electron chi connectivity index (χ4n) is 2.59. The third-order valence-electron chi connectivity index (χ3n) is 3.84. The lowest BCUT2D eigenvalue weighted by Gasteiger charge is -2.31. The Morgan fingerprint density at radius 2 is 2.08 bits per heavy atom. The number of aromatic amines is 1. The standard InChI is InChI=1S/C14H19F3N4O3/c1-24-7-12(22)21-4-2-9(3-5-21)10-6-11(20-19-10)13(23)18-8-14(15,16)17/h6,9H,2-5,7-8H2,1H3,(H,18,23)(H,19,20). The molecule has 24 heavy (non-hydrogen) atoms. The van der Waals surface area contributed by atoms with E-state index in [1.165, 1.54) is 13.2 Å². The van der Waals surface area contributed by atoms with Crippen LogP contribution in [0.2, 0.25) is 0 Å². The van der Waals surface area contributed by atoms with Crippen LogP contribution in [0.3, 0.4) is 0 Å². The Kier molecular flexibility index (Phi) is 5.81. The zero-order valence-electron chi connectivity index (χ0n) is 13.2. The van der Waals surface area contributed by atoms with Crippen molar-refractivity contribution < 1.29 is 27.5 Å². The molecule has 2 heterocycles. The normalized spacial score (nSPS) is 16.2. The average Bonchev–Trinajstić information content (AvgIpc) is 3.02. The van der Waals surface area contributed by atoms with E-state index >= 15 is 0 Å². The van der Waals surface area contributed by atoms with Crippen molar-refractivity contribution in [3.63, 3.8) is 0 Å². The third kappa shape index (κ3) is 4.95. The summed E-state index contributed by atoms with van der Waals surface area (Å²) in [6, 6.07) is 1.46. The molecule has 0 atom stereocenters. The topological polar surface area (TPSA) is 87.3 Å². The van der Waals surface area contributed by atoms with Crippen molar-refractivity contribution in [2.24, 2.45) is 0 Å². The van der Waals surface area contributed by atoms with Gasteiger partial charge in [-0.15, -0.1) is 0 Å². The number of hydrogen-bond acceptors (Lipinski definition) is 4. The van der Waals surface area contributed by atoms with Crippen molar-refractivity contribution in [2.75, 3.05) is 33.4 Å². The summed E-state index contributed by atoms with van der Waals surface area (Å²) in [6.07, 6.45) is -3.10. The molecule has 0 aliphatic carbocycles. The van der Waals surface area contributed by atoms with Crippen LogP contribution >= 0.6 is 0 Å². The van der Waals surface area contributed by atoms with Crippen molar-refractivity contribution >= 4 is 11.8 Å². The molecule has 1 aromatic rings. The lowest BCUT2D eigenvalue weighted by atomic mass is 9.93. The summed E-state index contributed by atoms with van der Waals surface area (Å²) in [5, 5.41) is 8.25. The van der Waals surface area contributed by atoms with Crippen molar-refractivity contribution in [1.82, 2.24) is 20.4 Å². The molecule has 0 bridgehead atoms. The minimum atomic E-state index is -4.46. The van der Waals surface area contributed by atoms with Crippen LogP contribution in [0, 0.1) is 0 Å². The van der Waals surface area contributed by atoms with Gasteiger partial charge in [-0.25, -0.2) is 0 Å². The number of halogens is 3. The number of H-pyrrole nitrogens is 1. The van der Waals surface area contributed by atoms with Crippen molar-refractivity contribution in [2.45, 2.75) is 24.9 Å². The van der Waals surface area contributed by atoms with E-state index in [-0.39, 0.29) is 24.1 Å². The second-order valence-electron chi connectivity index (χ2n) is 5.59. The molecule has 2 amide bonds. The van der Waals surface area contributed by atoms with Crippen molar-refractivity contribution in [1.29, 1.82) is 0 Å². The number of amides is 2. The van der Waals surface area contributed by atoms with Gasteiger partial charge in [0.25, 0.3) is 5.91 Å². The van der Waals surface area contributed by atoms with Crippen LogP contribution in [0.5, 0.6) is 0 Å². The summed E-state index contributed by atoms with van der Waals surface area (Å²) >= 11 is 0. The maximum Gasteiger partial charge on any atom is 0.405 e. The average molecular weight is 348 g/mol. The van der Waals surface area contributed by atoms with Gasteiger partial charge in [-0.05, 0) is 18.9 Å². The number of hydrogen-bond donors (Lipinski definition) is 2. The number of aromatic nitrogens is 2. The van der Waals surface area contributed by atoms with E-state index in [1.54, 1.807) is 10.2 Å². The van der Waals surface area contributed by atoms with E-state index in [9.17, 15) is 22.8 Å². The molecule has 1 fully saturated rings. The van der Waals surface area contributed by atoms with Gasteiger partial charge in [-0.3, -0.25) is 14.7 Å². The second kappa shape index (κ2) is 7.65. The number of methoxy groups -OCH3 is 1. The number of carbonyl (C=O) groups is 2. The fraction of sp³-hybridized carbons (Fsp3) is 0.643. The Morgan fingerprint density at radius 3 is 2.67 bits per heavy atom. The van der Waals surface area contributed by atoms with E-state index in [1.807, 2.05) is 0 Å². The number of nitrogens with zero attached hydrogens (tertiary/aromatic N) is 2. The highest BCUT2D eigenvalue weighted by Gasteiger charge is 2.29. The molecule has 7 nitrogen and oxygen atoms in total. The van der Waals surface area contributed by atoms with Gasteiger partial charge >= 0.3 is 6.18 Å². The number of piperidine rings is 1.